The van der Waals surface area contributed by atoms with Crippen molar-refractivity contribution in [2.45, 2.75) is 106 Å². The maximum absolute atomic E-state index is 13.6. The van der Waals surface area contributed by atoms with E-state index in [4.69, 9.17) is 15.0 Å². The van der Waals surface area contributed by atoms with Gasteiger partial charge in [0, 0.05) is 114 Å². The van der Waals surface area contributed by atoms with Crippen LogP contribution in [0.5, 0.6) is 0 Å². The van der Waals surface area contributed by atoms with Gasteiger partial charge in [-0.3, -0.25) is 0 Å². The molecule has 7 nitrogen and oxygen atoms in total. The summed E-state index contributed by atoms with van der Waals surface area (Å²) in [5, 5.41) is 13.6. The van der Waals surface area contributed by atoms with Gasteiger partial charge in [-0.05, 0) is 170 Å². The van der Waals surface area contributed by atoms with Crippen LogP contribution < -0.4 is 15.6 Å². The van der Waals surface area contributed by atoms with E-state index in [9.17, 15) is 14.0 Å². The smallest absolute Gasteiger partial charge is 0.123 e. The fourth-order valence-electron chi connectivity index (χ4n) is 15.2. The molecule has 0 atom stereocenters. The molecule has 136 heavy (non-hydrogen) atoms. The first-order valence-corrected chi connectivity index (χ1v) is 55.7. The molecule has 0 amide bonds. The van der Waals surface area contributed by atoms with Gasteiger partial charge < -0.3 is 29.9 Å². The molecule has 0 fully saturated rings. The van der Waals surface area contributed by atoms with Crippen LogP contribution in [0.2, 0.25) is 58.9 Å². The number of aryl methyl sites for hydroxylation is 1. The number of pyridine rings is 6. The molecule has 0 saturated heterocycles. The van der Waals surface area contributed by atoms with Crippen molar-refractivity contribution in [2.75, 3.05) is 0 Å². The number of benzene rings is 12. The van der Waals surface area contributed by atoms with Gasteiger partial charge in [-0.15, -0.1) is 214 Å². The van der Waals surface area contributed by atoms with Crippen molar-refractivity contribution in [3.8, 4) is 140 Å². The minimum absolute atomic E-state index is 0. The predicted molar refractivity (Wildman–Crippen MR) is 559 cm³/mol. The van der Waals surface area contributed by atoms with E-state index in [1.807, 2.05) is 219 Å². The van der Waals surface area contributed by atoms with Gasteiger partial charge in [0.2, 0.25) is 0 Å². The van der Waals surface area contributed by atoms with Crippen LogP contribution in [0.15, 0.2) is 383 Å². The second-order valence-electron chi connectivity index (χ2n) is 36.7. The second kappa shape index (κ2) is 50.9. The third kappa shape index (κ3) is 30.5. The van der Waals surface area contributed by atoms with Crippen LogP contribution in [-0.2, 0) is 73.2 Å². The molecular weight excluding hydrogens is 2250 g/mol. The Bertz CT molecular complexity index is 6530. The summed E-state index contributed by atoms with van der Waals surface area (Å²) >= 11 is 0. The molecule has 15 heteroatoms. The second-order valence-corrected chi connectivity index (χ2v) is 51.9. The van der Waals surface area contributed by atoms with Crippen molar-refractivity contribution in [3.05, 3.63) is 453 Å². The molecule has 3 radical (unpaired) electrons. The Balaban J connectivity index is 0.000000176. The maximum atomic E-state index is 13.6. The van der Waals surface area contributed by atoms with Crippen LogP contribution in [0.3, 0.4) is 0 Å². The number of halogens is 2. The Kier molecular flexibility index (Phi) is 39.5. The molecule has 0 aliphatic carbocycles. The average Bonchev–Trinajstić information content (AvgIpc) is 0.808. The molecular formula is C121H111F2Ir3N7Si3-6. The molecule has 0 bridgehead atoms. The third-order valence-electron chi connectivity index (χ3n) is 22.4. The number of hydrogen-bond acceptors (Lipinski definition) is 7. The van der Waals surface area contributed by atoms with E-state index < -0.39 is 24.2 Å². The van der Waals surface area contributed by atoms with Gasteiger partial charge >= 0.3 is 0 Å². The number of rotatable bonds is 19. The molecule has 6 heterocycles. The van der Waals surface area contributed by atoms with Gasteiger partial charge in [0.25, 0.3) is 0 Å². The van der Waals surface area contributed by atoms with Gasteiger partial charge in [-0.2, -0.15) is 5.26 Å². The van der Waals surface area contributed by atoms with Gasteiger partial charge in [-0.1, -0.05) is 266 Å². The number of aromatic nitrogens is 6. The van der Waals surface area contributed by atoms with E-state index in [0.29, 0.717) is 17.4 Å². The summed E-state index contributed by atoms with van der Waals surface area (Å²) in [4.78, 5) is 27.1. The van der Waals surface area contributed by atoms with E-state index in [1.165, 1.54) is 78.3 Å². The van der Waals surface area contributed by atoms with Crippen LogP contribution in [0.25, 0.3) is 134 Å². The minimum Gasteiger partial charge on any atom is -0.305 e. The molecule has 689 valence electrons. The molecule has 6 aromatic heterocycles. The van der Waals surface area contributed by atoms with Crippen molar-refractivity contribution in [1.82, 2.24) is 29.9 Å². The van der Waals surface area contributed by atoms with Crippen molar-refractivity contribution in [2.24, 2.45) is 11.8 Å². The predicted octanol–water partition coefficient (Wildman–Crippen LogP) is 29.8. The number of hydrogen-bond donors (Lipinski definition) is 0. The van der Waals surface area contributed by atoms with Crippen molar-refractivity contribution < 1.29 is 69.1 Å². The molecule has 0 N–H and O–H groups in total. The normalized spacial score (nSPS) is 10.8. The van der Waals surface area contributed by atoms with Gasteiger partial charge in [0.1, 0.15) is 11.6 Å². The minimum atomic E-state index is -1.33. The van der Waals surface area contributed by atoms with Crippen LogP contribution in [0.1, 0.15) is 49.9 Å². The fourth-order valence-corrected chi connectivity index (χ4v) is 18.7. The summed E-state index contributed by atoms with van der Waals surface area (Å²) in [6, 6.07) is 135. The van der Waals surface area contributed by atoms with Crippen LogP contribution in [0.4, 0.5) is 8.78 Å². The molecule has 18 rings (SSSR count). The van der Waals surface area contributed by atoms with Crippen molar-refractivity contribution in [3.63, 3.8) is 0 Å². The Hall–Kier alpha value is -12.5. The van der Waals surface area contributed by atoms with Gasteiger partial charge in [0.15, 0.2) is 0 Å². The molecule has 0 aliphatic rings. The van der Waals surface area contributed by atoms with E-state index >= 15 is 0 Å². The van der Waals surface area contributed by atoms with Crippen molar-refractivity contribution in [1.29, 1.82) is 5.26 Å². The van der Waals surface area contributed by atoms with Crippen LogP contribution >= 0.6 is 0 Å². The summed E-state index contributed by atoms with van der Waals surface area (Å²) < 4.78 is 26.9. The Morgan fingerprint density at radius 3 is 0.934 bits per heavy atom. The molecule has 18 aromatic rings. The molecule has 12 aromatic carbocycles. The summed E-state index contributed by atoms with van der Waals surface area (Å²) in [6.45, 7) is 32.5. The zero-order valence-corrected chi connectivity index (χ0v) is 89.5. The summed E-state index contributed by atoms with van der Waals surface area (Å²) in [5.74, 6) is 0.615. The topological polar surface area (TPSA) is 101 Å². The third-order valence-corrected chi connectivity index (χ3v) is 28.6. The first kappa shape index (κ1) is 106. The zero-order valence-electron chi connectivity index (χ0n) is 79.3. The molecule has 0 unspecified atom stereocenters. The largest absolute Gasteiger partial charge is 0.305 e. The molecule has 0 aliphatic heterocycles. The van der Waals surface area contributed by atoms with E-state index in [0.717, 1.165) is 119 Å². The van der Waals surface area contributed by atoms with Gasteiger partial charge in [0.05, 0.1) is 35.9 Å². The van der Waals surface area contributed by atoms with E-state index in [1.54, 1.807) is 42.9 Å². The monoisotopic (exact) mass is 2360 g/mol. The quantitative estimate of drug-likeness (QED) is 0.0587. The Labute approximate surface area is 848 Å². The first-order valence-electron chi connectivity index (χ1n) is 45.2. The standard InChI is InChI=1S/C31H31N2Si.C30H31FNSi.C27H25FNSi.3C11H8N.3Ir/c1-22(2)16-28-19-31(33-21-30(28)24-12-14-29(15-13-24)34(3,4)5)27-11-7-10-26(18-27)25-9-6-8-23(17-25)20-32;1-21(2)17-26-19-30(25-8-6-7-24(18-25)22-9-13-27(31)14-10-22)32-20-29(26)23-11-15-28(16-12-23)33(3,4)5;1-19-15-27(23-9-5-7-21(16-23)22-8-6-10-24(28)17-22)29-18-26(19)20-11-13-25(14-12-20)30(2,3)4;3*1-2-6-10(7-3-1)11-8-4-5-9-12-11;;;/h6-10,12-15,17-19,21-22H,16H2,1-5H3;6-7,9-16,18-21H,17H2,1-5H3;5-8,10-18H,1-4H3;3*1-6,8-9H;;;/q6*-1;;;. The summed E-state index contributed by atoms with van der Waals surface area (Å²) in [6.07, 6.45) is 13.3. The van der Waals surface area contributed by atoms with Crippen molar-refractivity contribution >= 4 is 39.8 Å². The van der Waals surface area contributed by atoms with Crippen LogP contribution in [-0.4, -0.2) is 54.1 Å². The molecule has 0 saturated carbocycles. The van der Waals surface area contributed by atoms with Gasteiger partial charge in [-0.25, -0.2) is 8.78 Å². The first-order chi connectivity index (χ1) is 64.2. The Morgan fingerprint density at radius 2 is 0.603 bits per heavy atom. The van der Waals surface area contributed by atoms with Crippen LogP contribution in [0, 0.1) is 78.1 Å². The van der Waals surface area contributed by atoms with E-state index in [-0.39, 0.29) is 72.0 Å². The number of nitrogens with zero attached hydrogens (tertiary/aromatic N) is 7. The molecule has 0 spiro atoms. The average molecular weight is 2360 g/mol. The fraction of sp³-hybridized carbons (Fsp3) is 0.149. The van der Waals surface area contributed by atoms with E-state index in [2.05, 4.69) is 254 Å². The SMILES string of the molecule is CC(C)Cc1cc(-c2[c-]ccc(-c3ccc(F)cc3)c2)ncc1-c1ccc([Si](C)(C)C)cc1.CC(C)Cc1cc(-c2[c-]ccc(-c3cccc(C#N)c3)c2)ncc1-c1ccc([Si](C)(C)C)cc1.Cc1cc(-c2[c-]ccc(-c3cccc(F)c3)c2)ncc1-c1ccc([Si](C)(C)C)cc1.[Ir].[Ir].[Ir].[c-]1ccccc1-c1ccccn1.[c-]1ccccc1-c1ccccn1.[c-]1ccccc1-c1ccccn1. The number of nitriles is 1. The zero-order chi connectivity index (χ0) is 93.9. The maximum Gasteiger partial charge on any atom is 0.123 e. The Morgan fingerprint density at radius 1 is 0.279 bits per heavy atom. The summed E-state index contributed by atoms with van der Waals surface area (Å²) in [5.41, 5.74) is 29.1. The summed E-state index contributed by atoms with van der Waals surface area (Å²) in [7, 11) is -3.96.